The number of imide groups is 1. The number of para-hydroxylation sites is 1. The topological polar surface area (TPSA) is 88.1 Å². The number of benzene rings is 2. The molecule has 2 aromatic rings. The van der Waals surface area contributed by atoms with Crippen molar-refractivity contribution in [1.82, 2.24) is 5.01 Å². The van der Waals surface area contributed by atoms with Crippen molar-refractivity contribution in [3.8, 4) is 5.75 Å². The summed E-state index contributed by atoms with van der Waals surface area (Å²) in [5, 5.41) is 7.75. The normalized spacial score (nSPS) is 25.6. The molecule has 5 rings (SSSR count). The van der Waals surface area contributed by atoms with Crippen molar-refractivity contribution in [1.29, 1.82) is 0 Å². The molecule has 7 nitrogen and oxygen atoms in total. The van der Waals surface area contributed by atoms with Crippen LogP contribution in [0.15, 0.2) is 65.8 Å². The Bertz CT molecular complexity index is 1110. The van der Waals surface area contributed by atoms with E-state index in [0.29, 0.717) is 17.0 Å². The molecule has 32 heavy (non-hydrogen) atoms. The second-order valence-electron chi connectivity index (χ2n) is 8.11. The molecule has 3 amide bonds. The molecule has 0 unspecified atom stereocenters. The van der Waals surface area contributed by atoms with E-state index >= 15 is 0 Å². The molecule has 1 saturated heterocycles. The molecular weight excluding hydrogens is 413 g/mol. The van der Waals surface area contributed by atoms with Crippen LogP contribution in [-0.2, 0) is 14.4 Å². The van der Waals surface area contributed by atoms with Crippen LogP contribution < -0.4 is 10.1 Å². The molecule has 1 saturated carbocycles. The van der Waals surface area contributed by atoms with Gasteiger partial charge in [0.05, 0.1) is 18.1 Å². The van der Waals surface area contributed by atoms with Gasteiger partial charge in [0.25, 0.3) is 17.7 Å². The van der Waals surface area contributed by atoms with E-state index in [4.69, 9.17) is 4.74 Å². The number of hydrogen-bond acceptors (Lipinski definition) is 5. The number of hydrazone groups is 1. The maximum atomic E-state index is 13.0. The Hall–Kier alpha value is -3.81. The Morgan fingerprint density at radius 2 is 1.72 bits per heavy atom. The Morgan fingerprint density at radius 1 is 1.06 bits per heavy atom. The molecule has 2 aliphatic carbocycles. The van der Waals surface area contributed by atoms with E-state index in [1.54, 1.807) is 24.3 Å². The summed E-state index contributed by atoms with van der Waals surface area (Å²) < 4.78 is 18.6. The second-order valence-corrected chi connectivity index (χ2v) is 8.11. The van der Waals surface area contributed by atoms with Gasteiger partial charge < -0.3 is 10.1 Å². The van der Waals surface area contributed by atoms with Gasteiger partial charge in [-0.25, -0.2) is 4.39 Å². The SMILES string of the molecule is O=C(COc1ccccc1C=NN1C(=O)[C@@H]2[C@H](C1=O)[C@H]1C=C[C@H]2C1)Nc1ccc(F)cc1. The van der Waals surface area contributed by atoms with Gasteiger partial charge >= 0.3 is 0 Å². The van der Waals surface area contributed by atoms with Gasteiger partial charge in [-0.15, -0.1) is 0 Å². The molecule has 2 bridgehead atoms. The zero-order chi connectivity index (χ0) is 22.2. The third kappa shape index (κ3) is 3.57. The lowest BCUT2D eigenvalue weighted by Gasteiger charge is -2.13. The average molecular weight is 433 g/mol. The van der Waals surface area contributed by atoms with Gasteiger partial charge in [0.15, 0.2) is 6.61 Å². The lowest BCUT2D eigenvalue weighted by atomic mass is 9.85. The smallest absolute Gasteiger partial charge is 0.262 e. The molecule has 3 aliphatic rings. The van der Waals surface area contributed by atoms with E-state index in [-0.39, 0.29) is 42.1 Å². The van der Waals surface area contributed by atoms with Crippen molar-refractivity contribution in [2.45, 2.75) is 6.42 Å². The first kappa shape index (κ1) is 20.1. The Morgan fingerprint density at radius 3 is 2.41 bits per heavy atom. The van der Waals surface area contributed by atoms with Gasteiger partial charge in [0.1, 0.15) is 11.6 Å². The van der Waals surface area contributed by atoms with Gasteiger partial charge in [-0.3, -0.25) is 14.4 Å². The van der Waals surface area contributed by atoms with Crippen LogP contribution in [0.1, 0.15) is 12.0 Å². The van der Waals surface area contributed by atoms with Crippen LogP contribution in [0.4, 0.5) is 10.1 Å². The van der Waals surface area contributed by atoms with Gasteiger partial charge in [-0.2, -0.15) is 10.1 Å². The number of rotatable bonds is 6. The molecule has 2 fully saturated rings. The summed E-state index contributed by atoms with van der Waals surface area (Å²) in [6.45, 7) is -0.275. The Labute approximate surface area is 183 Å². The average Bonchev–Trinajstić information content (AvgIpc) is 3.47. The summed E-state index contributed by atoms with van der Waals surface area (Å²) in [4.78, 5) is 37.7. The van der Waals surface area contributed by atoms with Crippen LogP contribution in [-0.4, -0.2) is 35.6 Å². The van der Waals surface area contributed by atoms with E-state index in [1.165, 1.54) is 30.5 Å². The van der Waals surface area contributed by atoms with Crippen molar-refractivity contribution >= 4 is 29.6 Å². The summed E-state index contributed by atoms with van der Waals surface area (Å²) in [6.07, 6.45) is 6.33. The first-order valence-electron chi connectivity index (χ1n) is 10.4. The third-order valence-corrected chi connectivity index (χ3v) is 6.17. The molecule has 4 atom stereocenters. The second kappa shape index (κ2) is 8.03. The molecule has 1 heterocycles. The third-order valence-electron chi connectivity index (χ3n) is 6.17. The standard InChI is InChI=1S/C24H20FN3O4/c25-17-7-9-18(10-8-17)27-20(29)13-32-19-4-2-1-3-16(19)12-26-28-23(30)21-14-5-6-15(11-14)22(21)24(28)31/h1-10,12,14-15,21-22H,11,13H2,(H,27,29)/t14-,15-,21-,22+/m0/s1. The highest BCUT2D eigenvalue weighted by atomic mass is 19.1. The van der Waals surface area contributed by atoms with Crippen molar-refractivity contribution in [2.24, 2.45) is 28.8 Å². The van der Waals surface area contributed by atoms with Crippen LogP contribution in [0.5, 0.6) is 5.75 Å². The predicted molar refractivity (Wildman–Crippen MR) is 114 cm³/mol. The monoisotopic (exact) mass is 433 g/mol. The van der Waals surface area contributed by atoms with E-state index < -0.39 is 11.7 Å². The number of halogens is 1. The Kier molecular flexibility index (Phi) is 5.05. The molecule has 0 radical (unpaired) electrons. The van der Waals surface area contributed by atoms with Gasteiger partial charge in [0.2, 0.25) is 0 Å². The fraction of sp³-hybridized carbons (Fsp3) is 0.250. The molecule has 1 N–H and O–H groups in total. The van der Waals surface area contributed by atoms with Gasteiger partial charge in [0, 0.05) is 11.3 Å². The van der Waals surface area contributed by atoms with Gasteiger partial charge in [-0.05, 0) is 54.7 Å². The number of ether oxygens (including phenoxy) is 1. The zero-order valence-electron chi connectivity index (χ0n) is 17.0. The predicted octanol–water partition coefficient (Wildman–Crippen LogP) is 2.98. The Balaban J connectivity index is 1.24. The lowest BCUT2D eigenvalue weighted by Crippen LogP contribution is -2.28. The summed E-state index contributed by atoms with van der Waals surface area (Å²) in [5.41, 5.74) is 0.982. The molecule has 1 aliphatic heterocycles. The number of fused-ring (bicyclic) bond motifs is 5. The number of anilines is 1. The van der Waals surface area contributed by atoms with Crippen LogP contribution in [0.25, 0.3) is 0 Å². The molecule has 162 valence electrons. The molecule has 0 aromatic heterocycles. The minimum atomic E-state index is -0.413. The summed E-state index contributed by atoms with van der Waals surface area (Å²) in [7, 11) is 0. The van der Waals surface area contributed by atoms with Crippen LogP contribution in [0.3, 0.4) is 0 Å². The summed E-state index contributed by atoms with van der Waals surface area (Å²) >= 11 is 0. The minimum absolute atomic E-state index is 0.122. The fourth-order valence-electron chi connectivity index (χ4n) is 4.71. The number of nitrogens with zero attached hydrogens (tertiary/aromatic N) is 2. The van der Waals surface area contributed by atoms with E-state index in [1.807, 2.05) is 12.2 Å². The largest absolute Gasteiger partial charge is 0.483 e. The highest BCUT2D eigenvalue weighted by Crippen LogP contribution is 2.52. The van der Waals surface area contributed by atoms with E-state index in [2.05, 4.69) is 10.4 Å². The number of nitrogens with one attached hydrogen (secondary N) is 1. The molecule has 0 spiro atoms. The zero-order valence-corrected chi connectivity index (χ0v) is 17.0. The highest BCUT2D eigenvalue weighted by Gasteiger charge is 2.59. The first-order valence-corrected chi connectivity index (χ1v) is 10.4. The van der Waals surface area contributed by atoms with Crippen LogP contribution >= 0.6 is 0 Å². The van der Waals surface area contributed by atoms with Crippen molar-refractivity contribution in [3.05, 3.63) is 72.1 Å². The summed E-state index contributed by atoms with van der Waals surface area (Å²) in [6, 6.07) is 12.3. The van der Waals surface area contributed by atoms with Crippen molar-refractivity contribution in [2.75, 3.05) is 11.9 Å². The molecule has 8 heteroatoms. The van der Waals surface area contributed by atoms with Crippen LogP contribution in [0.2, 0.25) is 0 Å². The number of allylic oxidation sites excluding steroid dienone is 2. The summed E-state index contributed by atoms with van der Waals surface area (Å²) in [5.74, 6) is -1.32. The number of amides is 3. The number of carbonyl (C=O) groups is 3. The maximum Gasteiger partial charge on any atom is 0.262 e. The lowest BCUT2D eigenvalue weighted by molar-refractivity contribution is -0.140. The number of hydrogen-bond donors (Lipinski definition) is 1. The molecule has 2 aromatic carbocycles. The number of carbonyl (C=O) groups excluding carboxylic acids is 3. The first-order chi connectivity index (χ1) is 15.5. The fourth-order valence-corrected chi connectivity index (χ4v) is 4.71. The maximum absolute atomic E-state index is 13.0. The van der Waals surface area contributed by atoms with Crippen molar-refractivity contribution < 1.29 is 23.5 Å². The van der Waals surface area contributed by atoms with E-state index in [9.17, 15) is 18.8 Å². The quantitative estimate of drug-likeness (QED) is 0.431. The minimum Gasteiger partial charge on any atom is -0.483 e. The van der Waals surface area contributed by atoms with Gasteiger partial charge in [-0.1, -0.05) is 24.3 Å². The molecular formula is C24H20FN3O4. The highest BCUT2D eigenvalue weighted by molar-refractivity contribution is 6.07. The van der Waals surface area contributed by atoms with Crippen molar-refractivity contribution in [3.63, 3.8) is 0 Å². The van der Waals surface area contributed by atoms with Crippen LogP contribution in [0, 0.1) is 29.5 Å². The van der Waals surface area contributed by atoms with E-state index in [0.717, 1.165) is 11.4 Å².